The number of aromatic nitrogens is 1. The number of anilines is 1. The van der Waals surface area contributed by atoms with E-state index < -0.39 is 28.3 Å². The number of carbonyl (C=O) groups excluding carboxylic acids is 1. The Morgan fingerprint density at radius 2 is 1.75 bits per heavy atom. The zero-order valence-corrected chi connectivity index (χ0v) is 18.3. The molecule has 0 spiro atoms. The number of benzene rings is 2. The van der Waals surface area contributed by atoms with E-state index in [2.05, 4.69) is 10.3 Å². The SMILES string of the molecule is COc1ccc(NC(=O)CN(C)S(=O)(=O)c2ccc(F)cc2)cc1OCc1ccncc1. The highest BCUT2D eigenvalue weighted by Crippen LogP contribution is 2.31. The van der Waals surface area contributed by atoms with Gasteiger partial charge in [0.1, 0.15) is 12.4 Å². The minimum absolute atomic E-state index is 0.106. The predicted octanol–water partition coefficient (Wildman–Crippen LogP) is 3.07. The van der Waals surface area contributed by atoms with Crippen LogP contribution in [0.25, 0.3) is 0 Å². The van der Waals surface area contributed by atoms with Gasteiger partial charge in [-0.2, -0.15) is 4.31 Å². The third-order valence-corrected chi connectivity index (χ3v) is 6.30. The molecule has 10 heteroatoms. The number of halogens is 1. The largest absolute Gasteiger partial charge is 0.493 e. The van der Waals surface area contributed by atoms with Crippen LogP contribution in [-0.2, 0) is 21.4 Å². The molecule has 0 bridgehead atoms. The smallest absolute Gasteiger partial charge is 0.243 e. The summed E-state index contributed by atoms with van der Waals surface area (Å²) in [5.74, 6) is -0.211. The standard InChI is InChI=1S/C22H22FN3O5S/c1-26(32(28,29)19-6-3-17(23)4-7-19)14-22(27)25-18-5-8-20(30-2)21(13-18)31-15-16-9-11-24-12-10-16/h3-13H,14-15H2,1-2H3,(H,25,27). The molecule has 32 heavy (non-hydrogen) atoms. The first-order valence-corrected chi connectivity index (χ1v) is 10.9. The van der Waals surface area contributed by atoms with Gasteiger partial charge in [0.15, 0.2) is 11.5 Å². The van der Waals surface area contributed by atoms with E-state index in [0.717, 1.165) is 34.1 Å². The van der Waals surface area contributed by atoms with Gasteiger partial charge >= 0.3 is 0 Å². The van der Waals surface area contributed by atoms with Crippen LogP contribution in [0.1, 0.15) is 5.56 Å². The topological polar surface area (TPSA) is 97.8 Å². The molecule has 0 radical (unpaired) electrons. The number of rotatable bonds is 9. The molecule has 0 aliphatic carbocycles. The Labute approximate surface area is 185 Å². The summed E-state index contributed by atoms with van der Waals surface area (Å²) >= 11 is 0. The highest BCUT2D eigenvalue weighted by Gasteiger charge is 2.23. The monoisotopic (exact) mass is 459 g/mol. The number of nitrogens with zero attached hydrogens (tertiary/aromatic N) is 2. The van der Waals surface area contributed by atoms with Crippen molar-refractivity contribution in [3.05, 3.63) is 78.4 Å². The lowest BCUT2D eigenvalue weighted by Crippen LogP contribution is -2.35. The van der Waals surface area contributed by atoms with Gasteiger partial charge in [-0.05, 0) is 54.1 Å². The predicted molar refractivity (Wildman–Crippen MR) is 116 cm³/mol. The van der Waals surface area contributed by atoms with Crippen molar-refractivity contribution in [2.45, 2.75) is 11.5 Å². The van der Waals surface area contributed by atoms with E-state index in [9.17, 15) is 17.6 Å². The molecule has 168 valence electrons. The van der Waals surface area contributed by atoms with Crippen LogP contribution in [0.2, 0.25) is 0 Å². The van der Waals surface area contributed by atoms with Crippen LogP contribution in [0.4, 0.5) is 10.1 Å². The Hall–Kier alpha value is -3.50. The van der Waals surface area contributed by atoms with Crippen LogP contribution in [0.3, 0.4) is 0 Å². The zero-order valence-electron chi connectivity index (χ0n) is 17.5. The van der Waals surface area contributed by atoms with Gasteiger partial charge in [-0.25, -0.2) is 12.8 Å². The van der Waals surface area contributed by atoms with Gasteiger partial charge in [0, 0.05) is 31.2 Å². The summed E-state index contributed by atoms with van der Waals surface area (Å²) in [5.41, 5.74) is 1.32. The molecule has 1 aromatic heterocycles. The van der Waals surface area contributed by atoms with Crippen LogP contribution in [0, 0.1) is 5.82 Å². The van der Waals surface area contributed by atoms with Gasteiger partial charge < -0.3 is 14.8 Å². The van der Waals surface area contributed by atoms with Crippen LogP contribution >= 0.6 is 0 Å². The molecule has 0 fully saturated rings. The molecular weight excluding hydrogens is 437 g/mol. The summed E-state index contributed by atoms with van der Waals surface area (Å²) in [6.07, 6.45) is 3.31. The molecule has 0 saturated heterocycles. The van der Waals surface area contributed by atoms with E-state index in [0.29, 0.717) is 17.2 Å². The average Bonchev–Trinajstić information content (AvgIpc) is 2.78. The minimum atomic E-state index is -3.95. The molecule has 3 aromatic rings. The Morgan fingerprint density at radius 3 is 2.41 bits per heavy atom. The first-order chi connectivity index (χ1) is 15.3. The third-order valence-electron chi connectivity index (χ3n) is 4.48. The molecule has 0 aliphatic rings. The Morgan fingerprint density at radius 1 is 1.06 bits per heavy atom. The summed E-state index contributed by atoms with van der Waals surface area (Å²) in [6.45, 7) is -0.159. The summed E-state index contributed by atoms with van der Waals surface area (Å²) in [4.78, 5) is 16.3. The molecule has 1 N–H and O–H groups in total. The molecule has 0 unspecified atom stereocenters. The summed E-state index contributed by atoms with van der Waals surface area (Å²) in [6, 6.07) is 12.9. The first-order valence-electron chi connectivity index (χ1n) is 9.51. The normalized spacial score (nSPS) is 11.2. The third kappa shape index (κ3) is 5.80. The average molecular weight is 459 g/mol. The highest BCUT2D eigenvalue weighted by atomic mass is 32.2. The molecule has 0 atom stereocenters. The number of methoxy groups -OCH3 is 1. The van der Waals surface area contributed by atoms with E-state index in [4.69, 9.17) is 9.47 Å². The number of amides is 1. The van der Waals surface area contributed by atoms with Gasteiger partial charge in [-0.3, -0.25) is 9.78 Å². The van der Waals surface area contributed by atoms with E-state index >= 15 is 0 Å². The van der Waals surface area contributed by atoms with E-state index in [-0.39, 0.29) is 11.5 Å². The van der Waals surface area contributed by atoms with Crippen LogP contribution in [-0.4, -0.2) is 44.3 Å². The maximum atomic E-state index is 13.1. The van der Waals surface area contributed by atoms with Gasteiger partial charge in [0.2, 0.25) is 15.9 Å². The van der Waals surface area contributed by atoms with Gasteiger partial charge in [0.25, 0.3) is 0 Å². The number of likely N-dealkylation sites (N-methyl/N-ethyl adjacent to an activating group) is 1. The summed E-state index contributed by atoms with van der Waals surface area (Å²) in [5, 5.41) is 2.64. The minimum Gasteiger partial charge on any atom is -0.493 e. The quantitative estimate of drug-likeness (QED) is 0.528. The van der Waals surface area contributed by atoms with Crippen molar-refractivity contribution in [3.63, 3.8) is 0 Å². The molecule has 0 aliphatic heterocycles. The molecular formula is C22H22FN3O5S. The molecule has 0 saturated carbocycles. The van der Waals surface area contributed by atoms with Crippen LogP contribution in [0.5, 0.6) is 11.5 Å². The van der Waals surface area contributed by atoms with E-state index in [1.54, 1.807) is 30.6 Å². The molecule has 2 aromatic carbocycles. The van der Waals surface area contributed by atoms with Gasteiger partial charge in [0.05, 0.1) is 18.6 Å². The van der Waals surface area contributed by atoms with Crippen LogP contribution in [0.15, 0.2) is 71.9 Å². The number of hydrogen-bond acceptors (Lipinski definition) is 6. The number of ether oxygens (including phenoxy) is 2. The lowest BCUT2D eigenvalue weighted by atomic mass is 10.2. The number of hydrogen-bond donors (Lipinski definition) is 1. The fourth-order valence-electron chi connectivity index (χ4n) is 2.78. The zero-order chi connectivity index (χ0) is 23.1. The van der Waals surface area contributed by atoms with Crippen molar-refractivity contribution >= 4 is 21.6 Å². The maximum absolute atomic E-state index is 13.1. The van der Waals surface area contributed by atoms with Crippen molar-refractivity contribution in [3.8, 4) is 11.5 Å². The van der Waals surface area contributed by atoms with Gasteiger partial charge in [-0.1, -0.05) is 0 Å². The Balaban J connectivity index is 1.66. The second-order valence-corrected chi connectivity index (χ2v) is 8.82. The Bertz CT molecular complexity index is 1170. The van der Waals surface area contributed by atoms with Crippen molar-refractivity contribution in [1.82, 2.24) is 9.29 Å². The van der Waals surface area contributed by atoms with E-state index in [1.165, 1.54) is 14.2 Å². The number of nitrogens with one attached hydrogen (secondary N) is 1. The number of carbonyl (C=O) groups is 1. The van der Waals surface area contributed by atoms with Crippen molar-refractivity contribution < 1.29 is 27.1 Å². The molecule has 1 heterocycles. The van der Waals surface area contributed by atoms with Gasteiger partial charge in [-0.15, -0.1) is 0 Å². The summed E-state index contributed by atoms with van der Waals surface area (Å²) < 4.78 is 50.2. The highest BCUT2D eigenvalue weighted by molar-refractivity contribution is 7.89. The molecule has 1 amide bonds. The number of pyridine rings is 1. The second-order valence-electron chi connectivity index (χ2n) is 6.77. The molecule has 3 rings (SSSR count). The lowest BCUT2D eigenvalue weighted by Gasteiger charge is -2.17. The lowest BCUT2D eigenvalue weighted by molar-refractivity contribution is -0.116. The second kappa shape index (κ2) is 10.2. The van der Waals surface area contributed by atoms with Crippen molar-refractivity contribution in [1.29, 1.82) is 0 Å². The number of sulfonamides is 1. The maximum Gasteiger partial charge on any atom is 0.243 e. The van der Waals surface area contributed by atoms with Crippen LogP contribution < -0.4 is 14.8 Å². The van der Waals surface area contributed by atoms with Crippen molar-refractivity contribution in [2.75, 3.05) is 26.0 Å². The molecule has 8 nitrogen and oxygen atoms in total. The van der Waals surface area contributed by atoms with Crippen molar-refractivity contribution in [2.24, 2.45) is 0 Å². The summed E-state index contributed by atoms with van der Waals surface area (Å²) in [7, 11) is -1.17. The fraction of sp³-hybridized carbons (Fsp3) is 0.182. The fourth-order valence-corrected chi connectivity index (χ4v) is 3.91. The van der Waals surface area contributed by atoms with E-state index in [1.807, 2.05) is 12.1 Å². The first kappa shape index (κ1) is 23.2. The Kier molecular flexibility index (Phi) is 7.39.